The highest BCUT2D eigenvalue weighted by Gasteiger charge is 2.62. The smallest absolute Gasteiger partial charge is 0.0653 e. The van der Waals surface area contributed by atoms with Crippen molar-refractivity contribution >= 4 is 23.2 Å². The maximum absolute atomic E-state index is 7.62. The van der Waals surface area contributed by atoms with E-state index in [-0.39, 0.29) is 32.7 Å². The lowest BCUT2D eigenvalue weighted by atomic mass is 9.49. The molecule has 2 nitrogen and oxygen atoms in total. The van der Waals surface area contributed by atoms with Crippen LogP contribution >= 0.6 is 23.2 Å². The van der Waals surface area contributed by atoms with Gasteiger partial charge < -0.3 is 11.5 Å². The number of hydrogen-bond donors (Lipinski definition) is 2. The third-order valence-electron chi connectivity index (χ3n) is 8.64. The highest BCUT2D eigenvalue weighted by molar-refractivity contribution is 6.26. The summed E-state index contributed by atoms with van der Waals surface area (Å²) in [5.74, 6) is 0. The summed E-state index contributed by atoms with van der Waals surface area (Å²) in [6.45, 7) is 9.13. The van der Waals surface area contributed by atoms with Crippen molar-refractivity contribution in [3.05, 3.63) is 0 Å². The molecule has 0 amide bonds. The first-order valence-corrected chi connectivity index (χ1v) is 13.4. The first-order valence-electron chi connectivity index (χ1n) is 12.6. The number of rotatable bonds is 10. The molecule has 0 aromatic rings. The standard InChI is InChI=1S/C25H48Cl2N2/c1-5-13-22(17-9-11-20(28)24(22,26)15-7-3)19-23(14-6-2)18-10-12-21(29)25(23,27)16-8-4/h20-21H,5-19,28-29H2,1-4H3. The fourth-order valence-corrected chi connectivity index (χ4v) is 8.63. The Hall–Kier alpha value is 0.500. The predicted molar refractivity (Wildman–Crippen MR) is 130 cm³/mol. The van der Waals surface area contributed by atoms with Gasteiger partial charge in [-0.1, -0.05) is 66.2 Å². The second kappa shape index (κ2) is 10.4. The van der Waals surface area contributed by atoms with Gasteiger partial charge in [-0.05, 0) is 68.6 Å². The molecule has 0 bridgehead atoms. The average Bonchev–Trinajstić information content (AvgIpc) is 2.66. The maximum Gasteiger partial charge on any atom is 0.0653 e. The Morgan fingerprint density at radius 3 is 1.31 bits per heavy atom. The van der Waals surface area contributed by atoms with Crippen molar-refractivity contribution in [2.75, 3.05) is 0 Å². The molecule has 2 aliphatic rings. The Labute approximate surface area is 191 Å². The molecule has 0 saturated heterocycles. The molecule has 2 aliphatic carbocycles. The minimum Gasteiger partial charge on any atom is -0.326 e. The van der Waals surface area contributed by atoms with Crippen LogP contribution in [-0.2, 0) is 0 Å². The van der Waals surface area contributed by atoms with E-state index in [9.17, 15) is 0 Å². The van der Waals surface area contributed by atoms with Crippen molar-refractivity contribution in [2.24, 2.45) is 22.3 Å². The third kappa shape index (κ3) is 4.53. The van der Waals surface area contributed by atoms with E-state index in [0.29, 0.717) is 0 Å². The topological polar surface area (TPSA) is 52.0 Å². The van der Waals surface area contributed by atoms with Gasteiger partial charge >= 0.3 is 0 Å². The number of nitrogens with two attached hydrogens (primary N) is 2. The lowest BCUT2D eigenvalue weighted by molar-refractivity contribution is -0.0292. The van der Waals surface area contributed by atoms with Gasteiger partial charge in [0.1, 0.15) is 0 Å². The van der Waals surface area contributed by atoms with E-state index in [1.807, 2.05) is 0 Å². The molecule has 0 radical (unpaired) electrons. The Bertz CT molecular complexity index is 463. The van der Waals surface area contributed by atoms with Crippen molar-refractivity contribution in [3.8, 4) is 0 Å². The quantitative estimate of drug-likeness (QED) is 0.340. The Kier molecular flexibility index (Phi) is 9.25. The predicted octanol–water partition coefficient (Wildman–Crippen LogP) is 7.53. The molecular weight excluding hydrogens is 399 g/mol. The molecule has 29 heavy (non-hydrogen) atoms. The van der Waals surface area contributed by atoms with E-state index >= 15 is 0 Å². The van der Waals surface area contributed by atoms with Gasteiger partial charge in [0.05, 0.1) is 9.75 Å². The second-order valence-corrected chi connectivity index (χ2v) is 11.8. The lowest BCUT2D eigenvalue weighted by Gasteiger charge is -2.62. The van der Waals surface area contributed by atoms with E-state index in [1.165, 1.54) is 25.7 Å². The van der Waals surface area contributed by atoms with Gasteiger partial charge in [0.15, 0.2) is 0 Å². The van der Waals surface area contributed by atoms with Gasteiger partial charge in [0.25, 0.3) is 0 Å². The largest absolute Gasteiger partial charge is 0.326 e. The van der Waals surface area contributed by atoms with Crippen LogP contribution in [0.4, 0.5) is 0 Å². The fourth-order valence-electron chi connectivity index (χ4n) is 7.53. The molecule has 6 unspecified atom stereocenters. The molecule has 2 rings (SSSR count). The van der Waals surface area contributed by atoms with E-state index in [2.05, 4.69) is 27.7 Å². The number of hydrogen-bond acceptors (Lipinski definition) is 2. The van der Waals surface area contributed by atoms with E-state index < -0.39 is 0 Å². The summed E-state index contributed by atoms with van der Waals surface area (Å²) < 4.78 is 0. The molecule has 2 saturated carbocycles. The van der Waals surface area contributed by atoms with Crippen molar-refractivity contribution in [1.82, 2.24) is 0 Å². The van der Waals surface area contributed by atoms with Crippen LogP contribution in [0.2, 0.25) is 0 Å². The molecular formula is C25H48Cl2N2. The summed E-state index contributed by atoms with van der Waals surface area (Å²) in [5.41, 5.74) is 13.7. The van der Waals surface area contributed by atoms with E-state index in [1.54, 1.807) is 0 Å². The van der Waals surface area contributed by atoms with E-state index in [0.717, 1.165) is 70.6 Å². The molecule has 0 spiro atoms. The molecule has 4 heteroatoms. The lowest BCUT2D eigenvalue weighted by Crippen LogP contribution is -2.64. The van der Waals surface area contributed by atoms with Crippen molar-refractivity contribution in [3.63, 3.8) is 0 Å². The molecule has 172 valence electrons. The van der Waals surface area contributed by atoms with Crippen LogP contribution in [0.25, 0.3) is 0 Å². The summed E-state index contributed by atoms with van der Waals surface area (Å²) in [6, 6.07) is 0.160. The van der Waals surface area contributed by atoms with Crippen molar-refractivity contribution in [2.45, 2.75) is 146 Å². The molecule has 6 atom stereocenters. The Balaban J connectivity index is 2.58. The minimum absolute atomic E-state index is 0.0666. The zero-order valence-electron chi connectivity index (χ0n) is 19.7. The molecule has 0 heterocycles. The van der Waals surface area contributed by atoms with Crippen molar-refractivity contribution in [1.29, 1.82) is 0 Å². The monoisotopic (exact) mass is 446 g/mol. The SMILES string of the molecule is CCCC1(CC2(CCC)CCCC(N)C2(Cl)CCC)CCCC(N)C1(Cl)CCC. The van der Waals surface area contributed by atoms with Crippen LogP contribution in [-0.4, -0.2) is 21.8 Å². The van der Waals surface area contributed by atoms with E-state index in [4.69, 9.17) is 34.7 Å². The van der Waals surface area contributed by atoms with Crippen LogP contribution in [0.15, 0.2) is 0 Å². The van der Waals surface area contributed by atoms with Gasteiger partial charge in [-0.25, -0.2) is 0 Å². The Morgan fingerprint density at radius 1 is 0.655 bits per heavy atom. The number of alkyl halides is 2. The molecule has 0 aromatic heterocycles. The third-order valence-corrected chi connectivity index (χ3v) is 10.4. The normalized spacial score (nSPS) is 43.4. The fraction of sp³-hybridized carbons (Fsp3) is 1.00. The molecule has 0 aromatic carbocycles. The van der Waals surface area contributed by atoms with Crippen molar-refractivity contribution < 1.29 is 0 Å². The molecule has 0 aliphatic heterocycles. The minimum atomic E-state index is -0.317. The second-order valence-electron chi connectivity index (χ2n) is 10.5. The molecule has 4 N–H and O–H groups in total. The van der Waals surface area contributed by atoms with Gasteiger partial charge in [0.2, 0.25) is 0 Å². The summed E-state index contributed by atoms with van der Waals surface area (Å²) in [7, 11) is 0. The van der Waals surface area contributed by atoms with Gasteiger partial charge in [-0.3, -0.25) is 0 Å². The van der Waals surface area contributed by atoms with Crippen LogP contribution < -0.4 is 11.5 Å². The zero-order valence-corrected chi connectivity index (χ0v) is 21.2. The van der Waals surface area contributed by atoms with Gasteiger partial charge in [-0.2, -0.15) is 0 Å². The summed E-state index contributed by atoms with van der Waals surface area (Å²) in [6.07, 6.45) is 16.8. The highest BCUT2D eigenvalue weighted by Crippen LogP contribution is 2.65. The Morgan fingerprint density at radius 2 is 1.00 bits per heavy atom. The van der Waals surface area contributed by atoms with Crippen LogP contribution in [0, 0.1) is 10.8 Å². The highest BCUT2D eigenvalue weighted by atomic mass is 35.5. The zero-order chi connectivity index (χ0) is 21.8. The summed E-state index contributed by atoms with van der Waals surface area (Å²) >= 11 is 15.2. The average molecular weight is 448 g/mol. The first-order chi connectivity index (χ1) is 13.7. The molecule has 2 fully saturated rings. The van der Waals surface area contributed by atoms with Crippen LogP contribution in [0.1, 0.15) is 124 Å². The van der Waals surface area contributed by atoms with Gasteiger partial charge in [0, 0.05) is 12.1 Å². The van der Waals surface area contributed by atoms with Crippen LogP contribution in [0.5, 0.6) is 0 Å². The van der Waals surface area contributed by atoms with Gasteiger partial charge in [-0.15, -0.1) is 23.2 Å². The van der Waals surface area contributed by atoms with Crippen LogP contribution in [0.3, 0.4) is 0 Å². The summed E-state index contributed by atoms with van der Waals surface area (Å²) in [4.78, 5) is -0.634. The maximum atomic E-state index is 7.62. The number of halogens is 2. The summed E-state index contributed by atoms with van der Waals surface area (Å²) in [5, 5.41) is 0. The first kappa shape index (κ1) is 25.8.